The number of benzene rings is 1. The molecule has 1 atom stereocenters. The van der Waals surface area contributed by atoms with Crippen molar-refractivity contribution >= 4 is 11.6 Å². The minimum absolute atomic E-state index is 0.204. The van der Waals surface area contributed by atoms with Gasteiger partial charge in [-0.1, -0.05) is 24.6 Å². The lowest BCUT2D eigenvalue weighted by Crippen LogP contribution is -2.25. The minimum Gasteiger partial charge on any atom is -0.310 e. The van der Waals surface area contributed by atoms with Gasteiger partial charge in [0.05, 0.1) is 0 Å². The van der Waals surface area contributed by atoms with Crippen molar-refractivity contribution in [1.82, 2.24) is 20.1 Å². The summed E-state index contributed by atoms with van der Waals surface area (Å²) < 4.78 is 1.82. The third-order valence-corrected chi connectivity index (χ3v) is 3.52. The van der Waals surface area contributed by atoms with E-state index in [0.717, 1.165) is 30.2 Å². The summed E-state index contributed by atoms with van der Waals surface area (Å²) in [5.74, 6) is 0.969. The molecule has 2 aromatic rings. The molecule has 0 fully saturated rings. The summed E-state index contributed by atoms with van der Waals surface area (Å²) in [5, 5.41) is 8.48. The average molecular weight is 293 g/mol. The van der Waals surface area contributed by atoms with E-state index in [0.29, 0.717) is 0 Å². The number of nitrogens with zero attached hydrogens (tertiary/aromatic N) is 3. The summed E-state index contributed by atoms with van der Waals surface area (Å²) in [6.45, 7) is 5.19. The second-order valence-electron chi connectivity index (χ2n) is 5.07. The zero-order valence-electron chi connectivity index (χ0n) is 12.2. The number of hydrogen-bond donors (Lipinski definition) is 1. The van der Waals surface area contributed by atoms with Crippen molar-refractivity contribution < 1.29 is 0 Å². The molecule has 4 nitrogen and oxygen atoms in total. The van der Waals surface area contributed by atoms with Gasteiger partial charge < -0.3 is 5.32 Å². The first-order valence-corrected chi connectivity index (χ1v) is 7.31. The zero-order chi connectivity index (χ0) is 14.5. The Balaban J connectivity index is 2.24. The highest BCUT2D eigenvalue weighted by Crippen LogP contribution is 2.23. The van der Waals surface area contributed by atoms with Gasteiger partial charge in [-0.25, -0.2) is 4.98 Å². The van der Waals surface area contributed by atoms with E-state index in [1.165, 1.54) is 11.1 Å². The van der Waals surface area contributed by atoms with Gasteiger partial charge in [0.15, 0.2) is 0 Å². The predicted octanol–water partition coefficient (Wildman–Crippen LogP) is 3.06. The first kappa shape index (κ1) is 15.0. The van der Waals surface area contributed by atoms with Crippen LogP contribution in [-0.2, 0) is 13.5 Å². The van der Waals surface area contributed by atoms with Gasteiger partial charge in [0.1, 0.15) is 12.2 Å². The standard InChI is InChI=1S/C15H21ClN4/c1-4-5-17-14(9-15-18-10-19-20(15)3)12-6-11(2)7-13(16)8-12/h6-8,10,14,17H,4-5,9H2,1-3H3. The molecule has 2 rings (SSSR count). The monoisotopic (exact) mass is 292 g/mol. The summed E-state index contributed by atoms with van der Waals surface area (Å²) in [7, 11) is 1.92. The highest BCUT2D eigenvalue weighted by Gasteiger charge is 2.15. The Hall–Kier alpha value is -1.39. The normalized spacial score (nSPS) is 12.6. The lowest BCUT2D eigenvalue weighted by molar-refractivity contribution is 0.506. The largest absolute Gasteiger partial charge is 0.310 e. The van der Waals surface area contributed by atoms with Crippen molar-refractivity contribution in [3.8, 4) is 0 Å². The van der Waals surface area contributed by atoms with Crippen LogP contribution in [0.15, 0.2) is 24.5 Å². The number of halogens is 1. The molecule has 0 aliphatic rings. The molecule has 5 heteroatoms. The fourth-order valence-electron chi connectivity index (χ4n) is 2.28. The van der Waals surface area contributed by atoms with Crippen LogP contribution in [0.2, 0.25) is 5.02 Å². The van der Waals surface area contributed by atoms with Crippen LogP contribution in [0.25, 0.3) is 0 Å². The Morgan fingerprint density at radius 3 is 2.75 bits per heavy atom. The molecule has 0 radical (unpaired) electrons. The molecular weight excluding hydrogens is 272 g/mol. The summed E-state index contributed by atoms with van der Waals surface area (Å²) >= 11 is 6.18. The van der Waals surface area contributed by atoms with Gasteiger partial charge in [-0.2, -0.15) is 5.10 Å². The molecule has 1 aromatic heterocycles. The molecular formula is C15H21ClN4. The second-order valence-corrected chi connectivity index (χ2v) is 5.51. The van der Waals surface area contributed by atoms with Crippen molar-refractivity contribution in [2.75, 3.05) is 6.54 Å². The van der Waals surface area contributed by atoms with Crippen LogP contribution in [-0.4, -0.2) is 21.3 Å². The van der Waals surface area contributed by atoms with Crippen LogP contribution in [0.4, 0.5) is 0 Å². The van der Waals surface area contributed by atoms with Crippen molar-refractivity contribution in [3.63, 3.8) is 0 Å². The van der Waals surface area contributed by atoms with Gasteiger partial charge in [-0.15, -0.1) is 0 Å². The smallest absolute Gasteiger partial charge is 0.138 e. The summed E-state index contributed by atoms with van der Waals surface area (Å²) in [6, 6.07) is 6.38. The molecule has 1 aromatic carbocycles. The molecule has 1 heterocycles. The Morgan fingerprint density at radius 1 is 1.35 bits per heavy atom. The van der Waals surface area contributed by atoms with Gasteiger partial charge in [-0.3, -0.25) is 4.68 Å². The maximum absolute atomic E-state index is 6.18. The molecule has 0 aliphatic carbocycles. The van der Waals surface area contributed by atoms with Gasteiger partial charge in [0, 0.05) is 24.5 Å². The Labute approximate surface area is 125 Å². The van der Waals surface area contributed by atoms with E-state index in [1.807, 2.05) is 23.9 Å². The first-order chi connectivity index (χ1) is 9.60. The Morgan fingerprint density at radius 2 is 2.15 bits per heavy atom. The number of hydrogen-bond acceptors (Lipinski definition) is 3. The van der Waals surface area contributed by atoms with E-state index in [4.69, 9.17) is 11.6 Å². The van der Waals surface area contributed by atoms with E-state index >= 15 is 0 Å². The molecule has 108 valence electrons. The van der Waals surface area contributed by atoms with Crippen LogP contribution in [0.5, 0.6) is 0 Å². The van der Waals surface area contributed by atoms with Crippen LogP contribution in [0, 0.1) is 6.92 Å². The van der Waals surface area contributed by atoms with Crippen LogP contribution in [0.3, 0.4) is 0 Å². The molecule has 20 heavy (non-hydrogen) atoms. The van der Waals surface area contributed by atoms with Crippen molar-refractivity contribution in [1.29, 1.82) is 0 Å². The third-order valence-electron chi connectivity index (χ3n) is 3.30. The van der Waals surface area contributed by atoms with Crippen LogP contribution < -0.4 is 5.32 Å². The summed E-state index contributed by atoms with van der Waals surface area (Å²) in [4.78, 5) is 4.31. The molecule has 0 spiro atoms. The van der Waals surface area contributed by atoms with Crippen molar-refractivity contribution in [3.05, 3.63) is 46.5 Å². The third kappa shape index (κ3) is 3.81. The second kappa shape index (κ2) is 6.86. The lowest BCUT2D eigenvalue weighted by Gasteiger charge is -2.19. The minimum atomic E-state index is 0.204. The van der Waals surface area contributed by atoms with E-state index in [-0.39, 0.29) is 6.04 Å². The van der Waals surface area contributed by atoms with Gasteiger partial charge in [0.25, 0.3) is 0 Å². The molecule has 0 bridgehead atoms. The van der Waals surface area contributed by atoms with E-state index < -0.39 is 0 Å². The summed E-state index contributed by atoms with van der Waals surface area (Å²) in [5.41, 5.74) is 2.38. The van der Waals surface area contributed by atoms with Crippen LogP contribution in [0.1, 0.15) is 36.3 Å². The SMILES string of the molecule is CCCNC(Cc1ncnn1C)c1cc(C)cc(Cl)c1. The van der Waals surface area contributed by atoms with Gasteiger partial charge >= 0.3 is 0 Å². The topological polar surface area (TPSA) is 42.7 Å². The number of aromatic nitrogens is 3. The van der Waals surface area contributed by atoms with E-state index in [9.17, 15) is 0 Å². The van der Waals surface area contributed by atoms with Crippen molar-refractivity contribution in [2.24, 2.45) is 7.05 Å². The molecule has 0 amide bonds. The first-order valence-electron chi connectivity index (χ1n) is 6.93. The molecule has 1 N–H and O–H groups in total. The Kier molecular flexibility index (Phi) is 5.15. The molecule has 0 saturated carbocycles. The average Bonchev–Trinajstić information content (AvgIpc) is 2.78. The molecule has 1 unspecified atom stereocenters. The van der Waals surface area contributed by atoms with Gasteiger partial charge in [-0.05, 0) is 43.1 Å². The molecule has 0 aliphatic heterocycles. The number of aryl methyl sites for hydroxylation is 2. The van der Waals surface area contributed by atoms with Crippen molar-refractivity contribution in [2.45, 2.75) is 32.7 Å². The zero-order valence-corrected chi connectivity index (χ0v) is 13.0. The lowest BCUT2D eigenvalue weighted by atomic mass is 10.0. The Bertz CT molecular complexity index is 545. The fourth-order valence-corrected chi connectivity index (χ4v) is 2.58. The maximum atomic E-state index is 6.18. The highest BCUT2D eigenvalue weighted by atomic mass is 35.5. The number of nitrogens with one attached hydrogen (secondary N) is 1. The molecule has 0 saturated heterocycles. The number of rotatable bonds is 6. The highest BCUT2D eigenvalue weighted by molar-refractivity contribution is 6.30. The van der Waals surface area contributed by atoms with E-state index in [2.05, 4.69) is 35.3 Å². The summed E-state index contributed by atoms with van der Waals surface area (Å²) in [6.07, 6.45) is 3.49. The van der Waals surface area contributed by atoms with Gasteiger partial charge in [0.2, 0.25) is 0 Å². The fraction of sp³-hybridized carbons (Fsp3) is 0.467. The maximum Gasteiger partial charge on any atom is 0.138 e. The van der Waals surface area contributed by atoms with E-state index in [1.54, 1.807) is 6.33 Å². The predicted molar refractivity (Wildman–Crippen MR) is 81.9 cm³/mol. The quantitative estimate of drug-likeness (QED) is 0.890. The van der Waals surface area contributed by atoms with Crippen LogP contribution >= 0.6 is 11.6 Å².